The number of phenols is 2. The third-order valence-corrected chi connectivity index (χ3v) is 2.50. The van der Waals surface area contributed by atoms with Crippen LogP contribution in [-0.2, 0) is 6.18 Å². The highest BCUT2D eigenvalue weighted by Gasteiger charge is 2.32. The van der Waals surface area contributed by atoms with Gasteiger partial charge in [0.25, 0.3) is 0 Å². The number of hydrogen-bond acceptors (Lipinski definition) is 2. The SMILES string of the molecule is Oc1cc(C(F)(F)F)cc(-c2ccccc2)c1O. The molecule has 0 unspecified atom stereocenters. The Labute approximate surface area is 101 Å². The Morgan fingerprint density at radius 1 is 0.889 bits per heavy atom. The van der Waals surface area contributed by atoms with E-state index < -0.39 is 23.2 Å². The van der Waals surface area contributed by atoms with E-state index in [9.17, 15) is 23.4 Å². The number of benzene rings is 2. The molecular weight excluding hydrogens is 245 g/mol. The van der Waals surface area contributed by atoms with Gasteiger partial charge in [-0.1, -0.05) is 30.3 Å². The van der Waals surface area contributed by atoms with Crippen molar-refractivity contribution < 1.29 is 23.4 Å². The van der Waals surface area contributed by atoms with Crippen molar-refractivity contribution in [1.82, 2.24) is 0 Å². The minimum Gasteiger partial charge on any atom is -0.504 e. The summed E-state index contributed by atoms with van der Waals surface area (Å²) >= 11 is 0. The summed E-state index contributed by atoms with van der Waals surface area (Å²) in [5, 5.41) is 19.0. The number of hydrogen-bond donors (Lipinski definition) is 2. The molecular formula is C13H9F3O2. The first-order valence-corrected chi connectivity index (χ1v) is 5.08. The van der Waals surface area contributed by atoms with Crippen LogP contribution in [0, 0.1) is 0 Å². The van der Waals surface area contributed by atoms with Crippen LogP contribution in [-0.4, -0.2) is 10.2 Å². The molecule has 2 rings (SSSR count). The minimum absolute atomic E-state index is 0.0528. The molecule has 0 spiro atoms. The second-order valence-corrected chi connectivity index (χ2v) is 3.76. The lowest BCUT2D eigenvalue weighted by Crippen LogP contribution is -2.04. The van der Waals surface area contributed by atoms with Gasteiger partial charge in [0.15, 0.2) is 11.5 Å². The van der Waals surface area contributed by atoms with E-state index in [0.717, 1.165) is 6.07 Å². The van der Waals surface area contributed by atoms with Crippen molar-refractivity contribution in [1.29, 1.82) is 0 Å². The summed E-state index contributed by atoms with van der Waals surface area (Å²) in [6.07, 6.45) is -4.57. The first-order chi connectivity index (χ1) is 8.39. The van der Waals surface area contributed by atoms with Crippen LogP contribution < -0.4 is 0 Å². The van der Waals surface area contributed by atoms with Crippen molar-refractivity contribution in [3.8, 4) is 22.6 Å². The van der Waals surface area contributed by atoms with Crippen molar-refractivity contribution in [2.24, 2.45) is 0 Å². The molecule has 0 radical (unpaired) electrons. The average molecular weight is 254 g/mol. The quantitative estimate of drug-likeness (QED) is 0.760. The molecule has 0 saturated heterocycles. The van der Waals surface area contributed by atoms with Gasteiger partial charge in [-0.2, -0.15) is 13.2 Å². The number of halogens is 3. The highest BCUT2D eigenvalue weighted by Crippen LogP contribution is 2.42. The number of alkyl halides is 3. The summed E-state index contributed by atoms with van der Waals surface area (Å²) in [5.74, 6) is -1.35. The van der Waals surface area contributed by atoms with Gasteiger partial charge in [-0.15, -0.1) is 0 Å². The maximum absolute atomic E-state index is 12.6. The van der Waals surface area contributed by atoms with Crippen molar-refractivity contribution in [3.63, 3.8) is 0 Å². The summed E-state index contributed by atoms with van der Waals surface area (Å²) in [6, 6.07) is 9.38. The van der Waals surface area contributed by atoms with E-state index in [4.69, 9.17) is 0 Å². The first-order valence-electron chi connectivity index (χ1n) is 5.08. The van der Waals surface area contributed by atoms with E-state index in [1.54, 1.807) is 30.3 Å². The Balaban J connectivity index is 2.64. The zero-order chi connectivity index (χ0) is 13.3. The minimum atomic E-state index is -4.57. The lowest BCUT2D eigenvalue weighted by Gasteiger charge is -2.12. The van der Waals surface area contributed by atoms with Gasteiger partial charge in [0.1, 0.15) is 0 Å². The molecule has 0 aliphatic heterocycles. The third kappa shape index (κ3) is 2.25. The predicted octanol–water partition coefficient (Wildman–Crippen LogP) is 3.78. The molecule has 0 aromatic heterocycles. The summed E-state index contributed by atoms with van der Waals surface area (Å²) in [6.45, 7) is 0. The van der Waals surface area contributed by atoms with Gasteiger partial charge in [0, 0.05) is 5.56 Å². The Morgan fingerprint density at radius 2 is 1.50 bits per heavy atom. The second kappa shape index (κ2) is 4.25. The topological polar surface area (TPSA) is 40.5 Å². The molecule has 2 nitrogen and oxygen atoms in total. The van der Waals surface area contributed by atoms with Gasteiger partial charge in [-0.3, -0.25) is 0 Å². The molecule has 2 aromatic rings. The number of phenolic OH excluding ortho intramolecular Hbond substituents is 2. The van der Waals surface area contributed by atoms with Gasteiger partial charge in [-0.05, 0) is 17.7 Å². The molecule has 0 aliphatic rings. The number of rotatable bonds is 1. The van der Waals surface area contributed by atoms with E-state index in [2.05, 4.69) is 0 Å². The first kappa shape index (κ1) is 12.3. The van der Waals surface area contributed by atoms with E-state index >= 15 is 0 Å². The van der Waals surface area contributed by atoms with Crippen molar-refractivity contribution in [3.05, 3.63) is 48.0 Å². The Kier molecular flexibility index (Phi) is 2.90. The summed E-state index contributed by atoms with van der Waals surface area (Å²) in [7, 11) is 0. The van der Waals surface area contributed by atoms with E-state index in [1.807, 2.05) is 0 Å². The predicted molar refractivity (Wildman–Crippen MR) is 60.2 cm³/mol. The zero-order valence-electron chi connectivity index (χ0n) is 9.07. The fourth-order valence-electron chi connectivity index (χ4n) is 1.62. The van der Waals surface area contributed by atoms with Crippen LogP contribution in [0.4, 0.5) is 13.2 Å². The van der Waals surface area contributed by atoms with Crippen LogP contribution in [0.3, 0.4) is 0 Å². The highest BCUT2D eigenvalue weighted by atomic mass is 19.4. The summed E-state index contributed by atoms with van der Waals surface area (Å²) in [4.78, 5) is 0. The second-order valence-electron chi connectivity index (χ2n) is 3.76. The monoisotopic (exact) mass is 254 g/mol. The van der Waals surface area contributed by atoms with Gasteiger partial charge in [0.05, 0.1) is 5.56 Å². The molecule has 18 heavy (non-hydrogen) atoms. The van der Waals surface area contributed by atoms with Crippen LogP contribution in [0.1, 0.15) is 5.56 Å². The van der Waals surface area contributed by atoms with Crippen LogP contribution in [0.2, 0.25) is 0 Å². The Bertz CT molecular complexity index is 562. The van der Waals surface area contributed by atoms with Crippen LogP contribution >= 0.6 is 0 Å². The Hall–Kier alpha value is -2.17. The zero-order valence-corrected chi connectivity index (χ0v) is 9.07. The molecule has 0 heterocycles. The normalized spacial score (nSPS) is 11.5. The molecule has 5 heteroatoms. The molecule has 0 amide bonds. The largest absolute Gasteiger partial charge is 0.504 e. The molecule has 2 aromatic carbocycles. The van der Waals surface area contributed by atoms with Gasteiger partial charge >= 0.3 is 6.18 Å². The average Bonchev–Trinajstić information content (AvgIpc) is 2.32. The maximum Gasteiger partial charge on any atom is 0.416 e. The van der Waals surface area contributed by atoms with E-state index in [-0.39, 0.29) is 5.56 Å². The molecule has 0 atom stereocenters. The van der Waals surface area contributed by atoms with Crippen LogP contribution in [0.15, 0.2) is 42.5 Å². The van der Waals surface area contributed by atoms with E-state index in [1.165, 1.54) is 0 Å². The standard InChI is InChI=1S/C13H9F3O2/c14-13(15,16)9-6-10(12(18)11(17)7-9)8-4-2-1-3-5-8/h1-7,17-18H. The van der Waals surface area contributed by atoms with E-state index in [0.29, 0.717) is 11.6 Å². The summed E-state index contributed by atoms with van der Waals surface area (Å²) < 4.78 is 37.8. The fraction of sp³-hybridized carbons (Fsp3) is 0.0769. The van der Waals surface area contributed by atoms with Crippen molar-refractivity contribution in [2.45, 2.75) is 6.18 Å². The van der Waals surface area contributed by atoms with Gasteiger partial charge in [-0.25, -0.2) is 0 Å². The highest BCUT2D eigenvalue weighted by molar-refractivity contribution is 5.74. The molecule has 0 saturated carbocycles. The number of aromatic hydroxyl groups is 2. The molecule has 0 fully saturated rings. The van der Waals surface area contributed by atoms with Crippen LogP contribution in [0.25, 0.3) is 11.1 Å². The molecule has 2 N–H and O–H groups in total. The van der Waals surface area contributed by atoms with Crippen molar-refractivity contribution in [2.75, 3.05) is 0 Å². The van der Waals surface area contributed by atoms with Crippen molar-refractivity contribution >= 4 is 0 Å². The molecule has 94 valence electrons. The van der Waals surface area contributed by atoms with Gasteiger partial charge in [0.2, 0.25) is 0 Å². The maximum atomic E-state index is 12.6. The smallest absolute Gasteiger partial charge is 0.416 e. The Morgan fingerprint density at radius 3 is 2.06 bits per heavy atom. The molecule has 0 bridgehead atoms. The fourth-order valence-corrected chi connectivity index (χ4v) is 1.62. The lowest BCUT2D eigenvalue weighted by molar-refractivity contribution is -0.137. The third-order valence-electron chi connectivity index (χ3n) is 2.50. The molecule has 0 aliphatic carbocycles. The summed E-state index contributed by atoms with van der Waals surface area (Å²) in [5.41, 5.74) is -0.657. The van der Waals surface area contributed by atoms with Gasteiger partial charge < -0.3 is 10.2 Å². The lowest BCUT2D eigenvalue weighted by atomic mass is 10.0. The van der Waals surface area contributed by atoms with Crippen LogP contribution in [0.5, 0.6) is 11.5 Å².